The quantitative estimate of drug-likeness (QED) is 0.526. The zero-order chi connectivity index (χ0) is 12.0. The predicted octanol–water partition coefficient (Wildman–Crippen LogP) is 0.792. The number of aliphatic carboxylic acids is 1. The van der Waals surface area contributed by atoms with Crippen molar-refractivity contribution < 1.29 is 19.1 Å². The number of nitrogens with one attached hydrogen (secondary N) is 1. The second-order valence-electron chi connectivity index (χ2n) is 2.93. The molecule has 0 aromatic carbocycles. The van der Waals surface area contributed by atoms with Gasteiger partial charge in [-0.1, -0.05) is 0 Å². The number of carbonyl (C=O) groups excluding carboxylic acids is 1. The zero-order valence-electron chi connectivity index (χ0n) is 8.29. The van der Waals surface area contributed by atoms with E-state index < -0.39 is 17.9 Å². The molecule has 6 heteroatoms. The van der Waals surface area contributed by atoms with Gasteiger partial charge in [-0.2, -0.15) is 12.6 Å². The van der Waals surface area contributed by atoms with Gasteiger partial charge in [0, 0.05) is 11.8 Å². The van der Waals surface area contributed by atoms with Gasteiger partial charge in [0.1, 0.15) is 11.8 Å². The number of hydrogen-bond acceptors (Lipinski definition) is 4. The molecule has 0 aliphatic carbocycles. The van der Waals surface area contributed by atoms with E-state index in [1.54, 1.807) is 12.1 Å². The lowest BCUT2D eigenvalue weighted by Crippen LogP contribution is -2.41. The number of rotatable bonds is 5. The van der Waals surface area contributed by atoms with Crippen LogP contribution in [-0.2, 0) is 9.59 Å². The number of carbonyl (C=O) groups is 2. The monoisotopic (exact) mass is 241 g/mol. The minimum Gasteiger partial charge on any atom is -0.480 e. The van der Waals surface area contributed by atoms with Crippen LogP contribution in [0.3, 0.4) is 0 Å². The summed E-state index contributed by atoms with van der Waals surface area (Å²) in [5, 5.41) is 11.0. The van der Waals surface area contributed by atoms with Crippen molar-refractivity contribution in [3.8, 4) is 0 Å². The maximum absolute atomic E-state index is 11.3. The van der Waals surface area contributed by atoms with Crippen LogP contribution in [0.2, 0.25) is 0 Å². The van der Waals surface area contributed by atoms with Gasteiger partial charge in [0.05, 0.1) is 6.26 Å². The van der Waals surface area contributed by atoms with Gasteiger partial charge < -0.3 is 14.8 Å². The highest BCUT2D eigenvalue weighted by atomic mass is 32.1. The topological polar surface area (TPSA) is 79.5 Å². The lowest BCUT2D eigenvalue weighted by Gasteiger charge is -2.09. The van der Waals surface area contributed by atoms with Crippen LogP contribution in [0.25, 0.3) is 6.08 Å². The molecule has 86 valence electrons. The first-order chi connectivity index (χ1) is 7.63. The summed E-state index contributed by atoms with van der Waals surface area (Å²) >= 11 is 3.82. The van der Waals surface area contributed by atoms with Gasteiger partial charge in [0.25, 0.3) is 0 Å². The first kappa shape index (κ1) is 12.4. The lowest BCUT2D eigenvalue weighted by atomic mass is 10.3. The summed E-state index contributed by atoms with van der Waals surface area (Å²) in [4.78, 5) is 21.9. The SMILES string of the molecule is O=C(C=Cc1ccco1)N[C@H](CS)C(=O)O. The lowest BCUT2D eigenvalue weighted by molar-refractivity contribution is -0.140. The molecular weight excluding hydrogens is 230 g/mol. The Bertz CT molecular complexity index is 386. The maximum atomic E-state index is 11.3. The molecule has 1 atom stereocenters. The largest absolute Gasteiger partial charge is 0.480 e. The van der Waals surface area contributed by atoms with Crippen molar-refractivity contribution in [1.29, 1.82) is 0 Å². The molecule has 1 rings (SSSR count). The van der Waals surface area contributed by atoms with E-state index in [9.17, 15) is 9.59 Å². The highest BCUT2D eigenvalue weighted by Crippen LogP contribution is 2.01. The van der Waals surface area contributed by atoms with E-state index in [-0.39, 0.29) is 5.75 Å². The molecule has 0 unspecified atom stereocenters. The number of thiol groups is 1. The fourth-order valence-electron chi connectivity index (χ4n) is 0.949. The van der Waals surface area contributed by atoms with Crippen LogP contribution < -0.4 is 5.32 Å². The van der Waals surface area contributed by atoms with Crippen LogP contribution in [0.1, 0.15) is 5.76 Å². The zero-order valence-corrected chi connectivity index (χ0v) is 9.18. The van der Waals surface area contributed by atoms with E-state index in [1.807, 2.05) is 0 Å². The smallest absolute Gasteiger partial charge is 0.327 e. The molecule has 1 heterocycles. The van der Waals surface area contributed by atoms with Gasteiger partial charge in [-0.25, -0.2) is 4.79 Å². The fourth-order valence-corrected chi connectivity index (χ4v) is 1.20. The van der Waals surface area contributed by atoms with Gasteiger partial charge in [-0.05, 0) is 18.2 Å². The first-order valence-electron chi connectivity index (χ1n) is 4.49. The van der Waals surface area contributed by atoms with Crippen LogP contribution in [0.4, 0.5) is 0 Å². The number of carboxylic acid groups (broad SMARTS) is 1. The molecule has 16 heavy (non-hydrogen) atoms. The molecular formula is C10H11NO4S. The second-order valence-corrected chi connectivity index (χ2v) is 3.30. The summed E-state index contributed by atoms with van der Waals surface area (Å²) in [6, 6.07) is 2.37. The van der Waals surface area contributed by atoms with E-state index in [0.717, 1.165) is 0 Å². The molecule has 5 nitrogen and oxygen atoms in total. The van der Waals surface area contributed by atoms with Crippen LogP contribution in [0, 0.1) is 0 Å². The van der Waals surface area contributed by atoms with Crippen LogP contribution in [0.15, 0.2) is 28.9 Å². The van der Waals surface area contributed by atoms with E-state index in [4.69, 9.17) is 9.52 Å². The third-order valence-electron chi connectivity index (χ3n) is 1.74. The summed E-state index contributed by atoms with van der Waals surface area (Å²) in [5.41, 5.74) is 0. The Kier molecular flexibility index (Phi) is 4.65. The molecule has 0 radical (unpaired) electrons. The first-order valence-corrected chi connectivity index (χ1v) is 5.12. The molecule has 1 aromatic rings. The van der Waals surface area contributed by atoms with E-state index in [2.05, 4.69) is 17.9 Å². The van der Waals surface area contributed by atoms with Crippen molar-refractivity contribution in [2.45, 2.75) is 6.04 Å². The summed E-state index contributed by atoms with van der Waals surface area (Å²) in [7, 11) is 0. The molecule has 0 fully saturated rings. The summed E-state index contributed by atoms with van der Waals surface area (Å²) in [6.07, 6.45) is 4.14. The van der Waals surface area contributed by atoms with E-state index >= 15 is 0 Å². The molecule has 0 spiro atoms. The van der Waals surface area contributed by atoms with Crippen molar-refractivity contribution >= 4 is 30.6 Å². The molecule has 1 aromatic heterocycles. The fraction of sp³-hybridized carbons (Fsp3) is 0.200. The van der Waals surface area contributed by atoms with Crippen LogP contribution in [-0.4, -0.2) is 28.8 Å². The maximum Gasteiger partial charge on any atom is 0.327 e. The van der Waals surface area contributed by atoms with Crippen molar-refractivity contribution in [3.05, 3.63) is 30.2 Å². The number of furan rings is 1. The third-order valence-corrected chi connectivity index (χ3v) is 2.10. The van der Waals surface area contributed by atoms with Gasteiger partial charge in [-0.15, -0.1) is 0 Å². The van der Waals surface area contributed by atoms with Crippen molar-refractivity contribution in [3.63, 3.8) is 0 Å². The van der Waals surface area contributed by atoms with Gasteiger partial charge in [0.15, 0.2) is 0 Å². The normalized spacial score (nSPS) is 12.6. The Balaban J connectivity index is 2.50. The highest BCUT2D eigenvalue weighted by molar-refractivity contribution is 7.80. The Morgan fingerprint density at radius 3 is 2.88 bits per heavy atom. The minimum absolute atomic E-state index is 0.0374. The molecule has 0 aliphatic rings. The third kappa shape index (κ3) is 3.82. The van der Waals surface area contributed by atoms with Gasteiger partial charge in [0.2, 0.25) is 5.91 Å². The Morgan fingerprint density at radius 2 is 2.38 bits per heavy atom. The standard InChI is InChI=1S/C10H11NO4S/c12-9(11-8(6-16)10(13)14)4-3-7-2-1-5-15-7/h1-5,8,16H,6H2,(H,11,12)(H,13,14)/t8-/m1/s1. The van der Waals surface area contributed by atoms with Crippen LogP contribution in [0.5, 0.6) is 0 Å². The van der Waals surface area contributed by atoms with Crippen molar-refractivity contribution in [1.82, 2.24) is 5.32 Å². The molecule has 0 bridgehead atoms. The Labute approximate surface area is 97.5 Å². The van der Waals surface area contributed by atoms with Gasteiger partial charge in [-0.3, -0.25) is 4.79 Å². The summed E-state index contributed by atoms with van der Waals surface area (Å²) < 4.78 is 4.96. The van der Waals surface area contributed by atoms with Crippen molar-refractivity contribution in [2.75, 3.05) is 5.75 Å². The van der Waals surface area contributed by atoms with Crippen molar-refractivity contribution in [2.24, 2.45) is 0 Å². The molecule has 2 N–H and O–H groups in total. The predicted molar refractivity (Wildman–Crippen MR) is 61.2 cm³/mol. The Morgan fingerprint density at radius 1 is 1.62 bits per heavy atom. The average molecular weight is 241 g/mol. The molecule has 1 amide bonds. The second kappa shape index (κ2) is 6.02. The molecule has 0 saturated carbocycles. The average Bonchev–Trinajstić information content (AvgIpc) is 2.75. The molecule has 0 saturated heterocycles. The summed E-state index contributed by atoms with van der Waals surface area (Å²) in [5.74, 6) is -1.06. The van der Waals surface area contributed by atoms with E-state index in [1.165, 1.54) is 18.4 Å². The number of carboxylic acids is 1. The van der Waals surface area contributed by atoms with E-state index in [0.29, 0.717) is 5.76 Å². The minimum atomic E-state index is -1.12. The highest BCUT2D eigenvalue weighted by Gasteiger charge is 2.16. The van der Waals surface area contributed by atoms with Crippen LogP contribution >= 0.6 is 12.6 Å². The summed E-state index contributed by atoms with van der Waals surface area (Å²) in [6.45, 7) is 0. The van der Waals surface area contributed by atoms with Gasteiger partial charge >= 0.3 is 5.97 Å². The number of hydrogen-bond donors (Lipinski definition) is 3. The Hall–Kier alpha value is -1.69. The number of amides is 1. The molecule has 0 aliphatic heterocycles.